The minimum absolute atomic E-state index is 0.204. The molecule has 0 spiro atoms. The van der Waals surface area contributed by atoms with E-state index < -0.39 is 0 Å². The van der Waals surface area contributed by atoms with Crippen molar-refractivity contribution in [3.8, 4) is 5.75 Å². The molecule has 0 unspecified atom stereocenters. The van der Waals surface area contributed by atoms with Crippen molar-refractivity contribution in [3.63, 3.8) is 0 Å². The third kappa shape index (κ3) is 4.82. The zero-order chi connectivity index (χ0) is 15.8. The number of nitrogens with one attached hydrogen (secondary N) is 2. The fraction of sp³-hybridized carbons (Fsp3) is 0.188. The molecular weight excluding hydrogens is 298 g/mol. The predicted octanol–water partition coefficient (Wildman–Crippen LogP) is 3.00. The maximum atomic E-state index is 12.1. The first kappa shape index (κ1) is 15.9. The summed E-state index contributed by atoms with van der Waals surface area (Å²) in [6, 6.07) is 12.3. The van der Waals surface area contributed by atoms with Gasteiger partial charge in [-0.25, -0.2) is 4.98 Å². The third-order valence-electron chi connectivity index (χ3n) is 2.72. The lowest BCUT2D eigenvalue weighted by atomic mass is 10.2. The second kappa shape index (κ2) is 8.09. The van der Waals surface area contributed by atoms with Crippen LogP contribution < -0.4 is 15.4 Å². The summed E-state index contributed by atoms with van der Waals surface area (Å²) in [5, 5.41) is 5.66. The van der Waals surface area contributed by atoms with Crippen LogP contribution in [0.1, 0.15) is 23.7 Å². The Morgan fingerprint density at radius 1 is 1.23 bits per heavy atom. The van der Waals surface area contributed by atoms with Crippen LogP contribution in [0.25, 0.3) is 0 Å². The van der Waals surface area contributed by atoms with Crippen molar-refractivity contribution in [2.24, 2.45) is 0 Å². The number of hydrogen-bond acceptors (Lipinski definition) is 4. The van der Waals surface area contributed by atoms with Gasteiger partial charge in [0.25, 0.3) is 5.91 Å². The number of ether oxygens (including phenoxy) is 1. The van der Waals surface area contributed by atoms with Gasteiger partial charge in [-0.1, -0.05) is 13.0 Å². The van der Waals surface area contributed by atoms with Crippen LogP contribution in [0.4, 0.5) is 5.82 Å². The zero-order valence-corrected chi connectivity index (χ0v) is 13.0. The maximum Gasteiger partial charge on any atom is 0.257 e. The fourth-order valence-electron chi connectivity index (χ4n) is 1.68. The van der Waals surface area contributed by atoms with E-state index in [1.165, 1.54) is 0 Å². The molecule has 1 aromatic carbocycles. The molecule has 6 heteroatoms. The summed E-state index contributed by atoms with van der Waals surface area (Å²) in [5.74, 6) is 1.04. The molecule has 2 aromatic rings. The molecule has 0 bridgehead atoms. The number of pyridine rings is 1. The zero-order valence-electron chi connectivity index (χ0n) is 12.2. The maximum absolute atomic E-state index is 12.1. The Morgan fingerprint density at radius 3 is 2.64 bits per heavy atom. The Morgan fingerprint density at radius 2 is 2.00 bits per heavy atom. The van der Waals surface area contributed by atoms with Gasteiger partial charge < -0.3 is 10.1 Å². The molecule has 0 aliphatic heterocycles. The van der Waals surface area contributed by atoms with E-state index in [0.717, 1.165) is 12.2 Å². The number of hydrogen-bond donors (Lipinski definition) is 2. The first-order valence-corrected chi connectivity index (χ1v) is 7.36. The molecule has 5 nitrogen and oxygen atoms in total. The molecule has 0 aliphatic carbocycles. The number of anilines is 1. The van der Waals surface area contributed by atoms with Gasteiger partial charge in [0.2, 0.25) is 0 Å². The van der Waals surface area contributed by atoms with E-state index in [1.54, 1.807) is 42.6 Å². The number of nitrogens with zero attached hydrogens (tertiary/aromatic N) is 1. The number of benzene rings is 1. The quantitative estimate of drug-likeness (QED) is 0.831. The van der Waals surface area contributed by atoms with Crippen LogP contribution in [0.15, 0.2) is 48.7 Å². The lowest BCUT2D eigenvalue weighted by molar-refractivity contribution is 0.0977. The Hall–Kier alpha value is -2.47. The van der Waals surface area contributed by atoms with Gasteiger partial charge in [0.05, 0.1) is 6.61 Å². The van der Waals surface area contributed by atoms with E-state index in [9.17, 15) is 4.79 Å². The van der Waals surface area contributed by atoms with Crippen LogP contribution in [0.3, 0.4) is 0 Å². The minimum Gasteiger partial charge on any atom is -0.494 e. The summed E-state index contributed by atoms with van der Waals surface area (Å²) in [7, 11) is 0. The molecule has 1 aromatic heterocycles. The van der Waals surface area contributed by atoms with Crippen LogP contribution in [0.2, 0.25) is 0 Å². The summed E-state index contributed by atoms with van der Waals surface area (Å²) in [6.07, 6.45) is 2.58. The third-order valence-corrected chi connectivity index (χ3v) is 2.93. The standard InChI is InChI=1S/C16H17N3O2S/c1-2-11-21-13-8-6-12(7-9-13)15(20)19-16(22)18-14-5-3-4-10-17-14/h3-10H,2,11H2,1H3,(H2,17,18,19,20,22). The molecule has 0 fully saturated rings. The molecule has 0 atom stereocenters. The topological polar surface area (TPSA) is 63.2 Å². The molecule has 114 valence electrons. The van der Waals surface area contributed by atoms with E-state index in [4.69, 9.17) is 17.0 Å². The second-order valence-electron chi connectivity index (χ2n) is 4.50. The summed E-state index contributed by atoms with van der Waals surface area (Å²) in [4.78, 5) is 16.1. The summed E-state index contributed by atoms with van der Waals surface area (Å²) in [6.45, 7) is 2.70. The van der Waals surface area contributed by atoms with Gasteiger partial charge in [-0.15, -0.1) is 0 Å². The van der Waals surface area contributed by atoms with Gasteiger partial charge in [0, 0.05) is 11.8 Å². The fourth-order valence-corrected chi connectivity index (χ4v) is 1.88. The Balaban J connectivity index is 1.90. The molecule has 1 heterocycles. The first-order chi connectivity index (χ1) is 10.7. The van der Waals surface area contributed by atoms with E-state index in [1.807, 2.05) is 13.0 Å². The van der Waals surface area contributed by atoms with E-state index in [-0.39, 0.29) is 11.0 Å². The first-order valence-electron chi connectivity index (χ1n) is 6.95. The SMILES string of the molecule is CCCOc1ccc(C(=O)NC(=S)Nc2ccccn2)cc1. The number of aromatic nitrogens is 1. The van der Waals surface area contributed by atoms with Crippen molar-refractivity contribution in [3.05, 3.63) is 54.2 Å². The molecule has 2 rings (SSSR count). The lowest BCUT2D eigenvalue weighted by Gasteiger charge is -2.09. The number of carbonyl (C=O) groups is 1. The van der Waals surface area contributed by atoms with Crippen molar-refractivity contribution in [1.29, 1.82) is 0 Å². The van der Waals surface area contributed by atoms with Crippen molar-refractivity contribution in [2.45, 2.75) is 13.3 Å². The van der Waals surface area contributed by atoms with E-state index in [0.29, 0.717) is 18.0 Å². The number of carbonyl (C=O) groups excluding carboxylic acids is 1. The molecule has 22 heavy (non-hydrogen) atoms. The lowest BCUT2D eigenvalue weighted by Crippen LogP contribution is -2.34. The highest BCUT2D eigenvalue weighted by atomic mass is 32.1. The largest absolute Gasteiger partial charge is 0.494 e. The normalized spacial score (nSPS) is 9.86. The Kier molecular flexibility index (Phi) is 5.85. The van der Waals surface area contributed by atoms with Crippen LogP contribution in [-0.4, -0.2) is 22.6 Å². The van der Waals surface area contributed by atoms with Crippen molar-refractivity contribution in [2.75, 3.05) is 11.9 Å². The van der Waals surface area contributed by atoms with Gasteiger partial charge in [-0.2, -0.15) is 0 Å². The molecule has 1 amide bonds. The van der Waals surface area contributed by atoms with E-state index in [2.05, 4.69) is 15.6 Å². The van der Waals surface area contributed by atoms with Gasteiger partial charge in [-0.3, -0.25) is 10.1 Å². The number of thiocarbonyl (C=S) groups is 1. The summed E-state index contributed by atoms with van der Waals surface area (Å²) >= 11 is 5.09. The molecular formula is C16H17N3O2S. The highest BCUT2D eigenvalue weighted by molar-refractivity contribution is 7.80. The molecule has 2 N–H and O–H groups in total. The van der Waals surface area contributed by atoms with Crippen molar-refractivity contribution in [1.82, 2.24) is 10.3 Å². The van der Waals surface area contributed by atoms with Gasteiger partial charge in [-0.05, 0) is 55.0 Å². The summed E-state index contributed by atoms with van der Waals surface area (Å²) in [5.41, 5.74) is 0.508. The smallest absolute Gasteiger partial charge is 0.257 e. The predicted molar refractivity (Wildman–Crippen MR) is 90.2 cm³/mol. The van der Waals surface area contributed by atoms with Crippen molar-refractivity contribution < 1.29 is 9.53 Å². The number of amides is 1. The Bertz CT molecular complexity index is 630. The van der Waals surface area contributed by atoms with Gasteiger partial charge in [0.1, 0.15) is 11.6 Å². The Labute approximate surface area is 134 Å². The van der Waals surface area contributed by atoms with Gasteiger partial charge >= 0.3 is 0 Å². The molecule has 0 aliphatic rings. The van der Waals surface area contributed by atoms with Crippen LogP contribution in [-0.2, 0) is 0 Å². The highest BCUT2D eigenvalue weighted by Gasteiger charge is 2.08. The van der Waals surface area contributed by atoms with Crippen molar-refractivity contribution >= 4 is 29.1 Å². The second-order valence-corrected chi connectivity index (χ2v) is 4.90. The highest BCUT2D eigenvalue weighted by Crippen LogP contribution is 2.12. The summed E-state index contributed by atoms with van der Waals surface area (Å²) < 4.78 is 5.47. The molecule has 0 radical (unpaired) electrons. The monoisotopic (exact) mass is 315 g/mol. The average molecular weight is 315 g/mol. The van der Waals surface area contributed by atoms with Crippen LogP contribution in [0, 0.1) is 0 Å². The average Bonchev–Trinajstić information content (AvgIpc) is 2.54. The van der Waals surface area contributed by atoms with E-state index >= 15 is 0 Å². The minimum atomic E-state index is -0.282. The van der Waals surface area contributed by atoms with Crippen LogP contribution in [0.5, 0.6) is 5.75 Å². The van der Waals surface area contributed by atoms with Crippen LogP contribution >= 0.6 is 12.2 Å². The molecule has 0 saturated heterocycles. The number of rotatable bonds is 5. The van der Waals surface area contributed by atoms with Gasteiger partial charge in [0.15, 0.2) is 5.11 Å². The molecule has 0 saturated carbocycles.